The van der Waals surface area contributed by atoms with Gasteiger partial charge in [-0.25, -0.2) is 22.9 Å². The lowest BCUT2D eigenvalue weighted by Crippen LogP contribution is -2.37. The highest BCUT2D eigenvalue weighted by molar-refractivity contribution is 7.66. The standard InChI is InChI=1S/C13H21FN3O13P3/c1-2-3-7-12(6-27-32(23,24)30-33(25,26)29-31(20,21)22)13(7,19)9(14)10(28-12)17-5-4-8(15)16-11(17)18/h4-5,7,9-10,19H,2-3,6H2,1H3,(H,23,24)(H,25,26)(H2,15,16,18)(H2,20,21,22)/t7?,9-,10+,12-,13-/m0/s1. The van der Waals surface area contributed by atoms with Crippen molar-refractivity contribution in [1.82, 2.24) is 9.55 Å². The zero-order chi connectivity index (χ0) is 25.0. The van der Waals surface area contributed by atoms with E-state index in [-0.39, 0.29) is 12.2 Å². The number of halogens is 1. The Bertz CT molecular complexity index is 1130. The number of hydrogen-bond donors (Lipinski definition) is 6. The highest BCUT2D eigenvalue weighted by atomic mass is 31.3. The summed E-state index contributed by atoms with van der Waals surface area (Å²) in [6.45, 7) is 0.637. The Morgan fingerprint density at radius 1 is 1.24 bits per heavy atom. The van der Waals surface area contributed by atoms with Crippen LogP contribution in [0, 0.1) is 5.92 Å². The third-order valence-corrected chi connectivity index (χ3v) is 9.03. The van der Waals surface area contributed by atoms with E-state index in [0.29, 0.717) is 11.0 Å². The van der Waals surface area contributed by atoms with Crippen molar-refractivity contribution < 1.29 is 60.6 Å². The molecule has 0 spiro atoms. The highest BCUT2D eigenvalue weighted by Crippen LogP contribution is 2.71. The molecule has 1 aromatic rings. The number of nitrogen functional groups attached to an aromatic ring is 1. The second-order valence-electron chi connectivity index (χ2n) is 7.37. The number of aromatic nitrogens is 2. The van der Waals surface area contributed by atoms with E-state index in [2.05, 4.69) is 18.1 Å². The quantitative estimate of drug-likeness (QED) is 0.213. The summed E-state index contributed by atoms with van der Waals surface area (Å²) in [4.78, 5) is 51.6. The van der Waals surface area contributed by atoms with Crippen LogP contribution in [0.3, 0.4) is 0 Å². The summed E-state index contributed by atoms with van der Waals surface area (Å²) in [5.41, 5.74) is 0.143. The lowest BCUT2D eigenvalue weighted by molar-refractivity contribution is -0.0914. The number of anilines is 1. The van der Waals surface area contributed by atoms with Crippen LogP contribution in [-0.4, -0.2) is 58.2 Å². The Labute approximate surface area is 184 Å². The van der Waals surface area contributed by atoms with Crippen LogP contribution in [0.1, 0.15) is 26.0 Å². The van der Waals surface area contributed by atoms with Gasteiger partial charge in [0.2, 0.25) is 0 Å². The Hall–Kier alpha value is -1.06. The van der Waals surface area contributed by atoms with Gasteiger partial charge in [-0.05, 0) is 12.5 Å². The number of phosphoric ester groups is 1. The van der Waals surface area contributed by atoms with Crippen molar-refractivity contribution in [2.45, 2.75) is 43.4 Å². The highest BCUT2D eigenvalue weighted by Gasteiger charge is 2.87. The molecule has 33 heavy (non-hydrogen) atoms. The molecule has 7 N–H and O–H groups in total. The number of phosphoric acid groups is 3. The van der Waals surface area contributed by atoms with Crippen molar-refractivity contribution in [2.75, 3.05) is 12.3 Å². The summed E-state index contributed by atoms with van der Waals surface area (Å²) >= 11 is 0. The molecule has 188 valence electrons. The van der Waals surface area contributed by atoms with E-state index >= 15 is 4.39 Å². The number of fused-ring (bicyclic) bond motifs is 1. The van der Waals surface area contributed by atoms with Gasteiger partial charge >= 0.3 is 29.2 Å². The average Bonchev–Trinajstić information content (AvgIpc) is 3.03. The van der Waals surface area contributed by atoms with Gasteiger partial charge in [-0.15, -0.1) is 0 Å². The fraction of sp³-hybridized carbons (Fsp3) is 0.692. The molecule has 2 aliphatic rings. The third-order valence-electron chi connectivity index (χ3n) is 5.25. The van der Waals surface area contributed by atoms with Crippen LogP contribution in [0.2, 0.25) is 0 Å². The lowest BCUT2D eigenvalue weighted by Gasteiger charge is -2.24. The van der Waals surface area contributed by atoms with Crippen molar-refractivity contribution in [2.24, 2.45) is 5.92 Å². The molecule has 0 aromatic carbocycles. The molecule has 1 saturated carbocycles. The molecular formula is C13H21FN3O13P3. The monoisotopic (exact) mass is 539 g/mol. The topological polar surface area (TPSA) is 250 Å². The maximum Gasteiger partial charge on any atom is 0.490 e. The molecule has 1 aliphatic heterocycles. The SMILES string of the molecule is CCCC1[C@]2(COP(=O)(O)OP(=O)(O)OP(=O)(O)O)O[C@@H](n3ccc(N)nc3=O)[C@H](F)[C@@]12O. The second-order valence-corrected chi connectivity index (χ2v) is 11.8. The van der Waals surface area contributed by atoms with E-state index in [9.17, 15) is 33.4 Å². The molecule has 7 atom stereocenters. The molecule has 1 saturated heterocycles. The number of ether oxygens (including phenoxy) is 1. The van der Waals surface area contributed by atoms with Crippen LogP contribution >= 0.6 is 23.5 Å². The summed E-state index contributed by atoms with van der Waals surface area (Å²) in [6.07, 6.45) is -2.28. The van der Waals surface area contributed by atoms with Crippen LogP contribution in [-0.2, 0) is 31.6 Å². The van der Waals surface area contributed by atoms with Gasteiger partial charge in [-0.3, -0.25) is 9.09 Å². The zero-order valence-electron chi connectivity index (χ0n) is 16.7. The molecule has 16 nitrogen and oxygen atoms in total. The smallest absolute Gasteiger partial charge is 0.383 e. The molecule has 0 bridgehead atoms. The van der Waals surface area contributed by atoms with Gasteiger partial charge in [0.05, 0.1) is 6.61 Å². The Balaban J connectivity index is 1.82. The number of nitrogens with two attached hydrogens (primary N) is 1. The maximum atomic E-state index is 15.3. The van der Waals surface area contributed by atoms with Crippen molar-refractivity contribution >= 4 is 29.3 Å². The number of nitrogens with zero attached hydrogens (tertiary/aromatic N) is 2. The normalized spacial score (nSPS) is 34.9. The van der Waals surface area contributed by atoms with Crippen LogP contribution < -0.4 is 11.4 Å². The first-order chi connectivity index (χ1) is 15.0. The van der Waals surface area contributed by atoms with Crippen LogP contribution in [0.5, 0.6) is 0 Å². The first kappa shape index (κ1) is 26.5. The first-order valence-corrected chi connectivity index (χ1v) is 13.7. The molecule has 3 rings (SSSR count). The van der Waals surface area contributed by atoms with Crippen molar-refractivity contribution in [3.05, 3.63) is 22.7 Å². The minimum atomic E-state index is -5.78. The lowest BCUT2D eigenvalue weighted by atomic mass is 10.1. The van der Waals surface area contributed by atoms with Gasteiger partial charge in [0.15, 0.2) is 12.4 Å². The molecule has 0 amide bonds. The van der Waals surface area contributed by atoms with Crippen LogP contribution in [0.15, 0.2) is 17.1 Å². The molecule has 2 heterocycles. The largest absolute Gasteiger partial charge is 0.490 e. The Kier molecular flexibility index (Phi) is 6.88. The van der Waals surface area contributed by atoms with Gasteiger partial charge in [0, 0.05) is 12.1 Å². The van der Waals surface area contributed by atoms with Crippen LogP contribution in [0.4, 0.5) is 10.2 Å². The van der Waals surface area contributed by atoms with E-state index in [1.165, 1.54) is 6.07 Å². The van der Waals surface area contributed by atoms with E-state index in [4.69, 9.17) is 20.3 Å². The number of rotatable bonds is 10. The number of hydrogen-bond acceptors (Lipinski definition) is 11. The van der Waals surface area contributed by atoms with Crippen molar-refractivity contribution in [3.8, 4) is 0 Å². The van der Waals surface area contributed by atoms with Gasteiger partial charge in [0.25, 0.3) is 0 Å². The second kappa shape index (κ2) is 8.55. The Morgan fingerprint density at radius 2 is 1.88 bits per heavy atom. The predicted molar refractivity (Wildman–Crippen MR) is 104 cm³/mol. The van der Waals surface area contributed by atoms with Gasteiger partial charge in [-0.2, -0.15) is 13.6 Å². The van der Waals surface area contributed by atoms with E-state index in [0.717, 1.165) is 6.20 Å². The van der Waals surface area contributed by atoms with Crippen molar-refractivity contribution in [1.29, 1.82) is 0 Å². The van der Waals surface area contributed by atoms with Gasteiger partial charge < -0.3 is 35.2 Å². The van der Waals surface area contributed by atoms with Crippen LogP contribution in [0.25, 0.3) is 0 Å². The minimum absolute atomic E-state index is 0.153. The number of alkyl halides is 1. The van der Waals surface area contributed by atoms with E-state index < -0.39 is 65.3 Å². The fourth-order valence-corrected chi connectivity index (χ4v) is 7.03. The summed E-state index contributed by atoms with van der Waals surface area (Å²) < 4.78 is 67.6. The van der Waals surface area contributed by atoms with Gasteiger partial charge in [-0.1, -0.05) is 13.3 Å². The summed E-state index contributed by atoms with van der Waals surface area (Å²) in [5.74, 6) is -1.12. The molecule has 2 fully saturated rings. The fourth-order valence-electron chi connectivity index (χ4n) is 3.98. The van der Waals surface area contributed by atoms with Crippen molar-refractivity contribution in [3.63, 3.8) is 0 Å². The zero-order valence-corrected chi connectivity index (χ0v) is 19.4. The molecule has 20 heteroatoms. The molecule has 3 unspecified atom stereocenters. The predicted octanol–water partition coefficient (Wildman–Crippen LogP) is -0.0645. The van der Waals surface area contributed by atoms with E-state index in [1.54, 1.807) is 6.92 Å². The molecule has 1 aliphatic carbocycles. The summed E-state index contributed by atoms with van der Waals surface area (Å²) in [6, 6.07) is 1.17. The minimum Gasteiger partial charge on any atom is -0.383 e. The molecule has 0 radical (unpaired) electrons. The first-order valence-electron chi connectivity index (χ1n) is 9.15. The maximum absolute atomic E-state index is 15.3. The number of aliphatic hydroxyl groups is 1. The Morgan fingerprint density at radius 3 is 2.42 bits per heavy atom. The third kappa shape index (κ3) is 5.01. The molecule has 1 aromatic heterocycles. The van der Waals surface area contributed by atoms with Gasteiger partial charge in [0.1, 0.15) is 17.0 Å². The summed E-state index contributed by atoms with van der Waals surface area (Å²) in [7, 11) is -16.9. The summed E-state index contributed by atoms with van der Waals surface area (Å²) in [5, 5.41) is 11.0. The average molecular weight is 539 g/mol. The molecular weight excluding hydrogens is 518 g/mol. The van der Waals surface area contributed by atoms with E-state index in [1.807, 2.05) is 0 Å².